The van der Waals surface area contributed by atoms with Gasteiger partial charge in [0.2, 0.25) is 9.47 Å². The average Bonchev–Trinajstić information content (AvgIpc) is 2.70. The van der Waals surface area contributed by atoms with Crippen LogP contribution in [0.1, 0.15) is 15.4 Å². The van der Waals surface area contributed by atoms with Gasteiger partial charge in [0.05, 0.1) is 5.69 Å². The van der Waals surface area contributed by atoms with Crippen molar-refractivity contribution >= 4 is 34.5 Å². The number of rotatable bonds is 2. The van der Waals surface area contributed by atoms with E-state index in [0.717, 1.165) is 11.3 Å². The van der Waals surface area contributed by atoms with Crippen LogP contribution in [0.15, 0.2) is 18.2 Å². The first-order valence-electron chi connectivity index (χ1n) is 4.63. The quantitative estimate of drug-likeness (QED) is 0.914. The molecule has 1 aromatic carbocycles. The van der Waals surface area contributed by atoms with Crippen molar-refractivity contribution in [2.45, 2.75) is 6.92 Å². The van der Waals surface area contributed by atoms with E-state index in [2.05, 4.69) is 15.5 Å². The third-order valence-corrected chi connectivity index (χ3v) is 3.07. The predicted octanol–water partition coefficient (Wildman–Crippen LogP) is 2.89. The van der Waals surface area contributed by atoms with E-state index in [1.165, 1.54) is 6.07 Å². The number of aromatic nitrogens is 2. The van der Waals surface area contributed by atoms with Crippen LogP contribution in [0.25, 0.3) is 0 Å². The van der Waals surface area contributed by atoms with Crippen molar-refractivity contribution in [3.63, 3.8) is 0 Å². The molecule has 0 bridgehead atoms. The predicted molar refractivity (Wildman–Crippen MR) is 64.0 cm³/mol. The minimum atomic E-state index is -0.525. The van der Waals surface area contributed by atoms with Gasteiger partial charge in [0, 0.05) is 0 Å². The smallest absolute Gasteiger partial charge is 0.286 e. The number of hydrogen-bond donors (Lipinski definition) is 1. The first-order valence-corrected chi connectivity index (χ1v) is 5.83. The Bertz CT molecular complexity index is 552. The molecule has 88 valence electrons. The van der Waals surface area contributed by atoms with Crippen LogP contribution in [0, 0.1) is 12.7 Å². The molecule has 0 unspecified atom stereocenters. The lowest BCUT2D eigenvalue weighted by molar-refractivity contribution is 0.102. The summed E-state index contributed by atoms with van der Waals surface area (Å²) in [5.74, 6) is -1.02. The van der Waals surface area contributed by atoms with Crippen LogP contribution in [0.3, 0.4) is 0 Å². The molecule has 2 rings (SSSR count). The molecule has 0 radical (unpaired) electrons. The second-order valence-corrected chi connectivity index (χ2v) is 4.81. The molecule has 0 spiro atoms. The molecular weight excluding hydrogens is 265 g/mol. The van der Waals surface area contributed by atoms with Gasteiger partial charge in [0.25, 0.3) is 5.91 Å². The van der Waals surface area contributed by atoms with E-state index >= 15 is 0 Å². The lowest BCUT2D eigenvalue weighted by Gasteiger charge is -2.07. The number of carbonyl (C=O) groups is 1. The number of nitrogens with one attached hydrogen (secondary N) is 1. The van der Waals surface area contributed by atoms with Gasteiger partial charge in [-0.05, 0) is 30.2 Å². The maximum Gasteiger partial charge on any atom is 0.286 e. The van der Waals surface area contributed by atoms with Gasteiger partial charge in [-0.15, -0.1) is 10.2 Å². The molecule has 0 saturated carbocycles. The monoisotopic (exact) mass is 271 g/mol. The van der Waals surface area contributed by atoms with Crippen molar-refractivity contribution in [3.8, 4) is 0 Å². The molecule has 4 nitrogen and oxygen atoms in total. The Morgan fingerprint density at radius 1 is 1.47 bits per heavy atom. The summed E-state index contributed by atoms with van der Waals surface area (Å²) in [6, 6.07) is 4.55. The summed E-state index contributed by atoms with van der Waals surface area (Å²) in [5, 5.41) is 9.62. The van der Waals surface area contributed by atoms with Crippen LogP contribution in [-0.4, -0.2) is 16.1 Å². The van der Waals surface area contributed by atoms with Gasteiger partial charge in [0.15, 0.2) is 0 Å². The van der Waals surface area contributed by atoms with Crippen LogP contribution >= 0.6 is 22.9 Å². The minimum absolute atomic E-state index is 0.0950. The Kier molecular flexibility index (Phi) is 3.35. The SMILES string of the molecule is Cc1cccc(F)c1NC(=O)c1nnc(Cl)s1. The number of nitrogens with zero attached hydrogens (tertiary/aromatic N) is 2. The lowest BCUT2D eigenvalue weighted by Crippen LogP contribution is -2.13. The third kappa shape index (κ3) is 2.59. The van der Waals surface area contributed by atoms with Crippen molar-refractivity contribution in [1.29, 1.82) is 0 Å². The summed E-state index contributed by atoms with van der Waals surface area (Å²) in [6.45, 7) is 1.70. The molecule has 2 aromatic rings. The number of benzene rings is 1. The summed E-state index contributed by atoms with van der Waals surface area (Å²) in [5.41, 5.74) is 0.776. The molecule has 1 heterocycles. The van der Waals surface area contributed by atoms with Gasteiger partial charge in [0.1, 0.15) is 5.82 Å². The fourth-order valence-electron chi connectivity index (χ4n) is 1.25. The Labute approximate surface area is 105 Å². The normalized spacial score (nSPS) is 10.3. The van der Waals surface area contributed by atoms with E-state index in [1.807, 2.05) is 0 Å². The molecule has 0 aliphatic rings. The molecule has 1 N–H and O–H groups in total. The molecule has 0 aliphatic heterocycles. The molecule has 7 heteroatoms. The highest BCUT2D eigenvalue weighted by Gasteiger charge is 2.15. The number of halogens is 2. The largest absolute Gasteiger partial charge is 0.317 e. The zero-order valence-corrected chi connectivity index (χ0v) is 10.3. The zero-order valence-electron chi connectivity index (χ0n) is 8.70. The van der Waals surface area contributed by atoms with Crippen molar-refractivity contribution in [1.82, 2.24) is 10.2 Å². The zero-order chi connectivity index (χ0) is 12.4. The Balaban J connectivity index is 2.24. The Morgan fingerprint density at radius 2 is 2.24 bits per heavy atom. The van der Waals surface area contributed by atoms with Crippen molar-refractivity contribution < 1.29 is 9.18 Å². The summed E-state index contributed by atoms with van der Waals surface area (Å²) >= 11 is 6.50. The molecule has 0 aliphatic carbocycles. The summed E-state index contributed by atoms with van der Waals surface area (Å²) < 4.78 is 13.6. The summed E-state index contributed by atoms with van der Waals surface area (Å²) in [4.78, 5) is 11.7. The first kappa shape index (κ1) is 11.9. The van der Waals surface area contributed by atoms with E-state index in [0.29, 0.717) is 5.56 Å². The van der Waals surface area contributed by atoms with Gasteiger partial charge in [-0.3, -0.25) is 4.79 Å². The number of hydrogen-bond acceptors (Lipinski definition) is 4. The third-order valence-electron chi connectivity index (χ3n) is 2.06. The second kappa shape index (κ2) is 4.77. The highest BCUT2D eigenvalue weighted by molar-refractivity contribution is 7.17. The van der Waals surface area contributed by atoms with Gasteiger partial charge in [-0.25, -0.2) is 4.39 Å². The van der Waals surface area contributed by atoms with Crippen molar-refractivity contribution in [2.24, 2.45) is 0 Å². The van der Waals surface area contributed by atoms with E-state index in [-0.39, 0.29) is 15.2 Å². The summed E-state index contributed by atoms with van der Waals surface area (Å²) in [7, 11) is 0. The van der Waals surface area contributed by atoms with Gasteiger partial charge in [-0.2, -0.15) is 0 Å². The fourth-order valence-corrected chi connectivity index (χ4v) is 1.98. The van der Waals surface area contributed by atoms with E-state index in [4.69, 9.17) is 11.6 Å². The molecular formula is C10H7ClFN3OS. The Morgan fingerprint density at radius 3 is 2.82 bits per heavy atom. The number of carbonyl (C=O) groups excluding carboxylic acids is 1. The van der Waals surface area contributed by atoms with Crippen LogP contribution in [0.5, 0.6) is 0 Å². The summed E-state index contributed by atoms with van der Waals surface area (Å²) in [6.07, 6.45) is 0. The van der Waals surface area contributed by atoms with Crippen LogP contribution in [-0.2, 0) is 0 Å². The van der Waals surface area contributed by atoms with Crippen LogP contribution in [0.4, 0.5) is 10.1 Å². The number of anilines is 1. The first-order chi connectivity index (χ1) is 8.08. The topological polar surface area (TPSA) is 54.9 Å². The molecule has 1 amide bonds. The van der Waals surface area contributed by atoms with Crippen LogP contribution in [0.2, 0.25) is 4.47 Å². The average molecular weight is 272 g/mol. The van der Waals surface area contributed by atoms with E-state index < -0.39 is 11.7 Å². The number of amides is 1. The van der Waals surface area contributed by atoms with Gasteiger partial charge < -0.3 is 5.32 Å². The maximum atomic E-state index is 13.5. The lowest BCUT2D eigenvalue weighted by atomic mass is 10.2. The second-order valence-electron chi connectivity index (χ2n) is 3.25. The van der Waals surface area contributed by atoms with E-state index in [9.17, 15) is 9.18 Å². The number of para-hydroxylation sites is 1. The van der Waals surface area contributed by atoms with Crippen molar-refractivity contribution in [2.75, 3.05) is 5.32 Å². The number of aryl methyl sites for hydroxylation is 1. The molecule has 0 fully saturated rings. The molecule has 17 heavy (non-hydrogen) atoms. The van der Waals surface area contributed by atoms with Gasteiger partial charge >= 0.3 is 0 Å². The minimum Gasteiger partial charge on any atom is -0.317 e. The van der Waals surface area contributed by atoms with Gasteiger partial charge in [-0.1, -0.05) is 23.5 Å². The Hall–Kier alpha value is -1.53. The molecule has 0 atom stereocenters. The highest BCUT2D eigenvalue weighted by atomic mass is 35.5. The molecule has 1 aromatic heterocycles. The van der Waals surface area contributed by atoms with Crippen molar-refractivity contribution in [3.05, 3.63) is 39.1 Å². The highest BCUT2D eigenvalue weighted by Crippen LogP contribution is 2.21. The van der Waals surface area contributed by atoms with E-state index in [1.54, 1.807) is 19.1 Å². The maximum absolute atomic E-state index is 13.5. The molecule has 0 saturated heterocycles. The fraction of sp³-hybridized carbons (Fsp3) is 0.100. The van der Waals surface area contributed by atoms with Crippen LogP contribution < -0.4 is 5.32 Å². The standard InChI is InChI=1S/C10H7ClFN3OS/c1-5-3-2-4-6(12)7(5)13-8(16)9-14-15-10(11)17-9/h2-4H,1H3,(H,13,16).